The van der Waals surface area contributed by atoms with E-state index in [1.807, 2.05) is 4.90 Å². The lowest BCUT2D eigenvalue weighted by molar-refractivity contribution is -0.384. The maximum Gasteiger partial charge on any atom is 0.293 e. The number of methoxy groups -OCH3 is 1. The fraction of sp³-hybridized carbons (Fsp3) is 0.409. The van der Waals surface area contributed by atoms with Crippen LogP contribution in [-0.4, -0.2) is 37.6 Å². The van der Waals surface area contributed by atoms with Gasteiger partial charge in [-0.05, 0) is 43.5 Å². The van der Waals surface area contributed by atoms with Gasteiger partial charge in [0.1, 0.15) is 17.2 Å². The Labute approximate surface area is 175 Å². The number of benzene rings is 2. The van der Waals surface area contributed by atoms with Gasteiger partial charge in [-0.1, -0.05) is 13.3 Å². The minimum absolute atomic E-state index is 0.0605. The molecule has 1 aliphatic rings. The summed E-state index contributed by atoms with van der Waals surface area (Å²) in [5.74, 6) is 0.656. The Morgan fingerprint density at radius 2 is 1.97 bits per heavy atom. The molecule has 0 aromatic heterocycles. The summed E-state index contributed by atoms with van der Waals surface area (Å²) in [5, 5.41) is 14.4. The van der Waals surface area contributed by atoms with Gasteiger partial charge in [-0.3, -0.25) is 14.9 Å². The van der Waals surface area contributed by atoms with Gasteiger partial charge in [-0.2, -0.15) is 0 Å². The van der Waals surface area contributed by atoms with Crippen LogP contribution in [0.4, 0.5) is 17.1 Å². The fourth-order valence-electron chi connectivity index (χ4n) is 3.42. The minimum Gasteiger partial charge on any atom is -0.497 e. The molecule has 0 radical (unpaired) electrons. The second-order valence-corrected chi connectivity index (χ2v) is 7.17. The zero-order valence-electron chi connectivity index (χ0n) is 17.3. The molecule has 1 amide bonds. The third-order valence-corrected chi connectivity index (χ3v) is 5.07. The molecule has 30 heavy (non-hydrogen) atoms. The average molecular weight is 413 g/mol. The lowest BCUT2D eigenvalue weighted by Gasteiger charge is -2.18. The van der Waals surface area contributed by atoms with Crippen molar-refractivity contribution in [2.75, 3.05) is 37.0 Å². The van der Waals surface area contributed by atoms with Crippen molar-refractivity contribution in [3.8, 4) is 11.5 Å². The molecule has 8 heteroatoms. The molecular weight excluding hydrogens is 386 g/mol. The molecular formula is C22H27N3O5. The molecule has 2 aromatic rings. The molecule has 0 spiro atoms. The molecule has 3 rings (SSSR count). The smallest absolute Gasteiger partial charge is 0.293 e. The summed E-state index contributed by atoms with van der Waals surface area (Å²) in [4.78, 5) is 26.0. The highest BCUT2D eigenvalue weighted by molar-refractivity contribution is 6.06. The molecule has 0 atom stereocenters. The number of hydrogen-bond acceptors (Lipinski definition) is 6. The summed E-state index contributed by atoms with van der Waals surface area (Å²) in [6, 6.07) is 9.78. The van der Waals surface area contributed by atoms with E-state index in [0.29, 0.717) is 29.5 Å². The topological polar surface area (TPSA) is 93.9 Å². The van der Waals surface area contributed by atoms with Crippen LogP contribution >= 0.6 is 0 Å². The first kappa shape index (κ1) is 21.4. The Hall–Kier alpha value is -3.29. The highest BCUT2D eigenvalue weighted by Crippen LogP contribution is 2.33. The Kier molecular flexibility index (Phi) is 7.11. The minimum atomic E-state index is -0.445. The van der Waals surface area contributed by atoms with E-state index >= 15 is 0 Å². The standard InChI is InChI=1S/C22H27N3O5/c1-3-4-13-30-21-10-8-17(29-2)15-18(21)23-22(26)16-7-9-19(20(14-16)25(27)28)24-11-5-6-12-24/h7-10,14-15H,3-6,11-13H2,1-2H3,(H,23,26). The summed E-state index contributed by atoms with van der Waals surface area (Å²) in [6.45, 7) is 4.17. The largest absolute Gasteiger partial charge is 0.497 e. The summed E-state index contributed by atoms with van der Waals surface area (Å²) >= 11 is 0. The predicted molar refractivity (Wildman–Crippen MR) is 116 cm³/mol. The highest BCUT2D eigenvalue weighted by atomic mass is 16.6. The van der Waals surface area contributed by atoms with Crippen molar-refractivity contribution in [1.82, 2.24) is 0 Å². The number of nitro benzene ring substituents is 1. The Morgan fingerprint density at radius 3 is 2.63 bits per heavy atom. The number of rotatable bonds is 9. The summed E-state index contributed by atoms with van der Waals surface area (Å²) in [6.07, 6.45) is 3.90. The first-order valence-electron chi connectivity index (χ1n) is 10.2. The molecule has 1 saturated heterocycles. The van der Waals surface area contributed by atoms with Crippen molar-refractivity contribution in [3.63, 3.8) is 0 Å². The number of nitro groups is 1. The summed E-state index contributed by atoms with van der Waals surface area (Å²) < 4.78 is 11.0. The van der Waals surface area contributed by atoms with Gasteiger partial charge in [0.2, 0.25) is 0 Å². The van der Waals surface area contributed by atoms with Gasteiger partial charge in [0.05, 0.1) is 24.3 Å². The van der Waals surface area contributed by atoms with E-state index in [-0.39, 0.29) is 11.3 Å². The molecule has 1 heterocycles. The Bertz CT molecular complexity index is 910. The van der Waals surface area contributed by atoms with Gasteiger partial charge in [0.25, 0.3) is 11.6 Å². The number of nitrogens with one attached hydrogen (secondary N) is 1. The van der Waals surface area contributed by atoms with Gasteiger partial charge >= 0.3 is 0 Å². The van der Waals surface area contributed by atoms with Crippen LogP contribution < -0.4 is 19.7 Å². The molecule has 8 nitrogen and oxygen atoms in total. The maximum absolute atomic E-state index is 12.9. The first-order valence-corrected chi connectivity index (χ1v) is 10.2. The van der Waals surface area contributed by atoms with E-state index in [9.17, 15) is 14.9 Å². The van der Waals surface area contributed by atoms with Crippen LogP contribution in [0.25, 0.3) is 0 Å². The van der Waals surface area contributed by atoms with E-state index in [0.717, 1.165) is 38.8 Å². The van der Waals surface area contributed by atoms with Gasteiger partial charge in [0, 0.05) is 30.8 Å². The molecule has 1 N–H and O–H groups in total. The molecule has 1 fully saturated rings. The molecule has 0 aliphatic carbocycles. The Balaban J connectivity index is 1.84. The molecule has 160 valence electrons. The zero-order chi connectivity index (χ0) is 21.5. The molecule has 0 bridgehead atoms. The van der Waals surface area contributed by atoms with Crippen LogP contribution in [0, 0.1) is 10.1 Å². The van der Waals surface area contributed by atoms with E-state index in [1.165, 1.54) is 6.07 Å². The average Bonchev–Trinajstić information content (AvgIpc) is 3.29. The van der Waals surface area contributed by atoms with Crippen LogP contribution in [0.3, 0.4) is 0 Å². The van der Waals surface area contributed by atoms with Crippen LogP contribution in [0.2, 0.25) is 0 Å². The molecule has 0 saturated carbocycles. The Morgan fingerprint density at radius 1 is 1.20 bits per heavy atom. The van der Waals surface area contributed by atoms with Crippen molar-refractivity contribution >= 4 is 23.0 Å². The van der Waals surface area contributed by atoms with Crippen molar-refractivity contribution in [2.24, 2.45) is 0 Å². The highest BCUT2D eigenvalue weighted by Gasteiger charge is 2.24. The van der Waals surface area contributed by atoms with Crippen molar-refractivity contribution in [2.45, 2.75) is 32.6 Å². The lowest BCUT2D eigenvalue weighted by Crippen LogP contribution is -2.20. The third kappa shape index (κ3) is 5.00. The maximum atomic E-state index is 12.9. The van der Waals surface area contributed by atoms with Gasteiger partial charge in [-0.25, -0.2) is 0 Å². The number of ether oxygens (including phenoxy) is 2. The van der Waals surface area contributed by atoms with E-state index in [2.05, 4.69) is 12.2 Å². The van der Waals surface area contributed by atoms with Crippen LogP contribution in [0.1, 0.15) is 43.0 Å². The van der Waals surface area contributed by atoms with E-state index in [1.54, 1.807) is 37.4 Å². The second kappa shape index (κ2) is 9.96. The summed E-state index contributed by atoms with van der Waals surface area (Å²) in [5.41, 5.74) is 1.17. The quantitative estimate of drug-likeness (QED) is 0.366. The SMILES string of the molecule is CCCCOc1ccc(OC)cc1NC(=O)c1ccc(N2CCCC2)c([N+](=O)[O-])c1. The number of hydrogen-bond donors (Lipinski definition) is 1. The normalized spacial score (nSPS) is 13.2. The summed E-state index contributed by atoms with van der Waals surface area (Å²) in [7, 11) is 1.54. The lowest BCUT2D eigenvalue weighted by atomic mass is 10.1. The van der Waals surface area contributed by atoms with Crippen molar-refractivity contribution < 1.29 is 19.2 Å². The monoisotopic (exact) mass is 413 g/mol. The van der Waals surface area contributed by atoms with Crippen LogP contribution in [0.5, 0.6) is 11.5 Å². The van der Waals surface area contributed by atoms with Crippen molar-refractivity contribution in [3.05, 3.63) is 52.1 Å². The first-order chi connectivity index (χ1) is 14.5. The number of carbonyl (C=O) groups is 1. The molecule has 2 aromatic carbocycles. The fourth-order valence-corrected chi connectivity index (χ4v) is 3.42. The predicted octanol–water partition coefficient (Wildman–Crippen LogP) is 4.63. The number of anilines is 2. The van der Waals surface area contributed by atoms with Crippen LogP contribution in [0.15, 0.2) is 36.4 Å². The van der Waals surface area contributed by atoms with Crippen molar-refractivity contribution in [1.29, 1.82) is 0 Å². The number of carbonyl (C=O) groups excluding carboxylic acids is 1. The molecule has 0 unspecified atom stereocenters. The number of nitrogens with zero attached hydrogens (tertiary/aromatic N) is 2. The second-order valence-electron chi connectivity index (χ2n) is 7.17. The van der Waals surface area contributed by atoms with Gasteiger partial charge < -0.3 is 19.7 Å². The van der Waals surface area contributed by atoms with E-state index < -0.39 is 10.8 Å². The zero-order valence-corrected chi connectivity index (χ0v) is 17.3. The van der Waals surface area contributed by atoms with E-state index in [4.69, 9.17) is 9.47 Å². The van der Waals surface area contributed by atoms with Gasteiger partial charge in [-0.15, -0.1) is 0 Å². The number of amides is 1. The van der Waals surface area contributed by atoms with Crippen LogP contribution in [-0.2, 0) is 0 Å². The third-order valence-electron chi connectivity index (χ3n) is 5.07. The number of unbranched alkanes of at least 4 members (excludes halogenated alkanes) is 1. The molecule has 1 aliphatic heterocycles. The van der Waals surface area contributed by atoms with Gasteiger partial charge in [0.15, 0.2) is 0 Å².